The Hall–Kier alpha value is -1.32. The summed E-state index contributed by atoms with van der Waals surface area (Å²) < 4.78 is 1.71. The van der Waals surface area contributed by atoms with Crippen molar-refractivity contribution in [1.82, 2.24) is 15.1 Å². The van der Waals surface area contributed by atoms with E-state index in [1.807, 2.05) is 13.8 Å². The summed E-state index contributed by atoms with van der Waals surface area (Å²) in [5, 5.41) is 7.00. The number of aromatic nitrogens is 2. The van der Waals surface area contributed by atoms with Gasteiger partial charge < -0.3 is 5.32 Å². The third kappa shape index (κ3) is 1.41. The van der Waals surface area contributed by atoms with Crippen molar-refractivity contribution in [3.8, 4) is 0 Å². The Balaban J connectivity index is 2.14. The Morgan fingerprint density at radius 2 is 2.36 bits per heavy atom. The number of nitrogens with zero attached hydrogens (tertiary/aromatic N) is 2. The summed E-state index contributed by atoms with van der Waals surface area (Å²) in [6.07, 6.45) is 5.07. The SMILES string of the molecule is CC(C)NC(=O)C1(n2c[c]cn2)CC1. The molecule has 4 nitrogen and oxygen atoms in total. The van der Waals surface area contributed by atoms with Gasteiger partial charge in [-0.3, -0.25) is 9.48 Å². The zero-order valence-electron chi connectivity index (χ0n) is 8.45. The molecule has 1 aromatic rings. The molecule has 0 unspecified atom stereocenters. The molecule has 14 heavy (non-hydrogen) atoms. The van der Waals surface area contributed by atoms with Crippen LogP contribution in [0.15, 0.2) is 12.4 Å². The monoisotopic (exact) mass is 192 g/mol. The molecule has 1 fully saturated rings. The molecule has 1 saturated carbocycles. The highest BCUT2D eigenvalue weighted by atomic mass is 16.2. The van der Waals surface area contributed by atoms with Crippen LogP contribution in [-0.4, -0.2) is 21.7 Å². The van der Waals surface area contributed by atoms with Crippen LogP contribution in [0.4, 0.5) is 0 Å². The van der Waals surface area contributed by atoms with Crippen LogP contribution in [0.5, 0.6) is 0 Å². The second-order valence-corrected chi connectivity index (χ2v) is 4.04. The number of carbonyl (C=O) groups excluding carboxylic acids is 1. The van der Waals surface area contributed by atoms with Crippen molar-refractivity contribution in [2.45, 2.75) is 38.3 Å². The van der Waals surface area contributed by atoms with E-state index >= 15 is 0 Å². The van der Waals surface area contributed by atoms with Gasteiger partial charge in [0.2, 0.25) is 5.91 Å². The molecule has 1 aromatic heterocycles. The van der Waals surface area contributed by atoms with Crippen molar-refractivity contribution in [2.75, 3.05) is 0 Å². The summed E-state index contributed by atoms with van der Waals surface area (Å²) >= 11 is 0. The summed E-state index contributed by atoms with van der Waals surface area (Å²) in [6.45, 7) is 3.92. The van der Waals surface area contributed by atoms with E-state index in [0.717, 1.165) is 12.8 Å². The van der Waals surface area contributed by atoms with E-state index in [0.29, 0.717) is 0 Å². The molecule has 0 aliphatic heterocycles. The average molecular weight is 192 g/mol. The summed E-state index contributed by atoms with van der Waals surface area (Å²) in [7, 11) is 0. The second kappa shape index (κ2) is 3.12. The number of carbonyl (C=O) groups is 1. The lowest BCUT2D eigenvalue weighted by Crippen LogP contribution is -2.42. The van der Waals surface area contributed by atoms with Gasteiger partial charge in [0, 0.05) is 18.3 Å². The largest absolute Gasteiger partial charge is 0.352 e. The van der Waals surface area contributed by atoms with Crippen LogP contribution in [0.1, 0.15) is 26.7 Å². The summed E-state index contributed by atoms with van der Waals surface area (Å²) in [5.41, 5.74) is -0.412. The van der Waals surface area contributed by atoms with Gasteiger partial charge in [-0.25, -0.2) is 0 Å². The van der Waals surface area contributed by atoms with E-state index < -0.39 is 5.54 Å². The Morgan fingerprint density at radius 1 is 1.64 bits per heavy atom. The molecule has 2 rings (SSSR count). The van der Waals surface area contributed by atoms with Gasteiger partial charge in [0.1, 0.15) is 5.54 Å². The van der Waals surface area contributed by atoms with Crippen LogP contribution in [0, 0.1) is 6.07 Å². The molecular formula is C10H14N3O. The van der Waals surface area contributed by atoms with Crippen molar-refractivity contribution < 1.29 is 4.79 Å². The second-order valence-electron chi connectivity index (χ2n) is 4.04. The van der Waals surface area contributed by atoms with E-state index in [1.165, 1.54) is 0 Å². The lowest BCUT2D eigenvalue weighted by molar-refractivity contribution is -0.126. The minimum Gasteiger partial charge on any atom is -0.352 e. The fourth-order valence-corrected chi connectivity index (χ4v) is 1.54. The van der Waals surface area contributed by atoms with Crippen LogP contribution < -0.4 is 5.32 Å². The Morgan fingerprint density at radius 3 is 2.79 bits per heavy atom. The Labute approximate surface area is 83.3 Å². The third-order valence-electron chi connectivity index (χ3n) is 2.46. The molecule has 75 valence electrons. The highest BCUT2D eigenvalue weighted by molar-refractivity contribution is 5.87. The lowest BCUT2D eigenvalue weighted by Gasteiger charge is -2.17. The van der Waals surface area contributed by atoms with Crippen LogP contribution in [-0.2, 0) is 10.3 Å². The van der Waals surface area contributed by atoms with Crippen LogP contribution in [0.2, 0.25) is 0 Å². The normalized spacial score (nSPS) is 18.2. The highest BCUT2D eigenvalue weighted by Gasteiger charge is 2.52. The Bertz CT molecular complexity index is 325. The molecule has 1 N–H and O–H groups in total. The fourth-order valence-electron chi connectivity index (χ4n) is 1.54. The zero-order chi connectivity index (χ0) is 10.2. The van der Waals surface area contributed by atoms with Gasteiger partial charge >= 0.3 is 0 Å². The third-order valence-corrected chi connectivity index (χ3v) is 2.46. The van der Waals surface area contributed by atoms with E-state index in [-0.39, 0.29) is 11.9 Å². The van der Waals surface area contributed by atoms with Crippen LogP contribution in [0.25, 0.3) is 0 Å². The van der Waals surface area contributed by atoms with E-state index in [1.54, 1.807) is 17.1 Å². The molecular weight excluding hydrogens is 178 g/mol. The Kier molecular flexibility index (Phi) is 2.06. The molecule has 1 heterocycles. The molecule has 1 aliphatic carbocycles. The van der Waals surface area contributed by atoms with Crippen LogP contribution in [0.3, 0.4) is 0 Å². The van der Waals surface area contributed by atoms with Gasteiger partial charge in [0.25, 0.3) is 0 Å². The number of hydrogen-bond acceptors (Lipinski definition) is 2. The maximum atomic E-state index is 11.9. The maximum absolute atomic E-state index is 11.9. The molecule has 1 amide bonds. The first kappa shape index (κ1) is 9.24. The van der Waals surface area contributed by atoms with Crippen molar-refractivity contribution >= 4 is 5.91 Å². The summed E-state index contributed by atoms with van der Waals surface area (Å²) in [5.74, 6) is 0.0737. The van der Waals surface area contributed by atoms with Gasteiger partial charge in [-0.15, -0.1) is 0 Å². The van der Waals surface area contributed by atoms with Gasteiger partial charge in [0.15, 0.2) is 0 Å². The van der Waals surface area contributed by atoms with E-state index in [9.17, 15) is 4.79 Å². The molecule has 0 bridgehead atoms. The molecule has 0 spiro atoms. The molecule has 0 saturated heterocycles. The van der Waals surface area contributed by atoms with Gasteiger partial charge in [-0.05, 0) is 26.7 Å². The van der Waals surface area contributed by atoms with Crippen molar-refractivity contribution in [2.24, 2.45) is 0 Å². The molecule has 4 heteroatoms. The smallest absolute Gasteiger partial charge is 0.248 e. The first-order valence-corrected chi connectivity index (χ1v) is 4.87. The first-order chi connectivity index (χ1) is 6.65. The number of rotatable bonds is 3. The molecule has 1 radical (unpaired) electrons. The zero-order valence-corrected chi connectivity index (χ0v) is 8.45. The van der Waals surface area contributed by atoms with Gasteiger partial charge in [0.05, 0.1) is 6.20 Å². The topological polar surface area (TPSA) is 46.9 Å². The van der Waals surface area contributed by atoms with Crippen molar-refractivity contribution in [1.29, 1.82) is 0 Å². The minimum atomic E-state index is -0.412. The molecule has 1 aliphatic rings. The average Bonchev–Trinajstić information content (AvgIpc) is 2.74. The number of nitrogens with one attached hydrogen (secondary N) is 1. The minimum absolute atomic E-state index is 0.0737. The number of amides is 1. The molecule has 0 atom stereocenters. The van der Waals surface area contributed by atoms with E-state index in [2.05, 4.69) is 16.5 Å². The van der Waals surface area contributed by atoms with Gasteiger partial charge in [-0.2, -0.15) is 5.10 Å². The summed E-state index contributed by atoms with van der Waals surface area (Å²) in [4.78, 5) is 11.9. The predicted octanol–water partition coefficient (Wildman–Crippen LogP) is 0.697. The van der Waals surface area contributed by atoms with Crippen LogP contribution >= 0.6 is 0 Å². The lowest BCUT2D eigenvalue weighted by atomic mass is 10.2. The first-order valence-electron chi connectivity index (χ1n) is 4.87. The fraction of sp³-hybridized carbons (Fsp3) is 0.600. The summed E-state index contributed by atoms with van der Waals surface area (Å²) in [6, 6.07) is 3.04. The predicted molar refractivity (Wildman–Crippen MR) is 51.5 cm³/mol. The number of hydrogen-bond donors (Lipinski definition) is 1. The standard InChI is InChI=1S/C10H14N3O/c1-8(2)12-9(14)10(4-5-10)13-7-3-6-11-13/h6-8H,4-5H2,1-2H3,(H,12,14). The van der Waals surface area contributed by atoms with E-state index in [4.69, 9.17) is 0 Å². The quantitative estimate of drug-likeness (QED) is 0.766. The van der Waals surface area contributed by atoms with Crippen molar-refractivity contribution in [3.05, 3.63) is 18.5 Å². The van der Waals surface area contributed by atoms with Gasteiger partial charge in [-0.1, -0.05) is 0 Å². The van der Waals surface area contributed by atoms with Crippen molar-refractivity contribution in [3.63, 3.8) is 0 Å². The highest BCUT2D eigenvalue weighted by Crippen LogP contribution is 2.43. The molecule has 0 aromatic carbocycles. The maximum Gasteiger partial charge on any atom is 0.248 e.